The van der Waals surface area contributed by atoms with Crippen molar-refractivity contribution in [3.05, 3.63) is 59.7 Å². The van der Waals surface area contributed by atoms with E-state index >= 15 is 0 Å². The van der Waals surface area contributed by atoms with E-state index in [1.54, 1.807) is 6.07 Å². The summed E-state index contributed by atoms with van der Waals surface area (Å²) in [6, 6.07) is 12.1. The van der Waals surface area contributed by atoms with Crippen molar-refractivity contribution < 1.29 is 14.1 Å². The summed E-state index contributed by atoms with van der Waals surface area (Å²) in [5, 5.41) is 7.62. The molecule has 1 spiro atoms. The molecule has 0 radical (unpaired) electrons. The van der Waals surface area contributed by atoms with Gasteiger partial charge in [-0.1, -0.05) is 5.16 Å². The molecule has 7 heteroatoms. The molecule has 0 bridgehead atoms. The van der Waals surface area contributed by atoms with Crippen molar-refractivity contribution >= 4 is 11.6 Å². The van der Waals surface area contributed by atoms with Gasteiger partial charge in [0.25, 0.3) is 5.91 Å². The zero-order chi connectivity index (χ0) is 20.0. The summed E-state index contributed by atoms with van der Waals surface area (Å²) in [5.41, 5.74) is 3.92. The Morgan fingerprint density at radius 1 is 1.28 bits per heavy atom. The van der Waals surface area contributed by atoms with Crippen LogP contribution >= 0.6 is 0 Å². The van der Waals surface area contributed by atoms with Crippen LogP contribution in [0.1, 0.15) is 41.7 Å². The highest BCUT2D eigenvalue weighted by molar-refractivity contribution is 5.91. The minimum absolute atomic E-state index is 0.0920. The summed E-state index contributed by atoms with van der Waals surface area (Å²) < 4.78 is 13.1. The Balaban J connectivity index is 1.42. The Kier molecular flexibility index (Phi) is 4.12. The summed E-state index contributed by atoms with van der Waals surface area (Å²) >= 11 is 0. The maximum absolute atomic E-state index is 12.7. The Bertz CT molecular complexity index is 1060. The number of fused-ring (bicyclic) bond motifs is 4. The second-order valence-electron chi connectivity index (χ2n) is 7.71. The van der Waals surface area contributed by atoms with Crippen LogP contribution in [0.4, 0.5) is 5.69 Å². The van der Waals surface area contributed by atoms with Gasteiger partial charge in [0, 0.05) is 37.1 Å². The molecule has 3 aromatic rings. The van der Waals surface area contributed by atoms with Crippen molar-refractivity contribution in [3.8, 4) is 11.4 Å². The number of benzene rings is 1. The monoisotopic (exact) mass is 392 g/mol. The second-order valence-corrected chi connectivity index (χ2v) is 7.71. The fourth-order valence-electron chi connectivity index (χ4n) is 4.48. The van der Waals surface area contributed by atoms with Crippen LogP contribution in [0.3, 0.4) is 0 Å². The molecule has 5 rings (SSSR count). The molecule has 29 heavy (non-hydrogen) atoms. The van der Waals surface area contributed by atoms with Crippen LogP contribution in [0, 0.1) is 6.92 Å². The fourth-order valence-corrected chi connectivity index (χ4v) is 4.48. The normalized spacial score (nSPS) is 16.8. The third-order valence-corrected chi connectivity index (χ3v) is 5.89. The molecular weight excluding hydrogens is 368 g/mol. The zero-order valence-electron chi connectivity index (χ0n) is 16.6. The number of piperidine rings is 1. The third-order valence-electron chi connectivity index (χ3n) is 5.89. The molecule has 150 valence electrons. The molecule has 0 saturated carbocycles. The standard InChI is InChI=1S/C22H24N4O3/c1-3-28-16-6-7-18-17(14-16)23-22(20-5-4-10-26(18)20)8-11-25(12-9-22)21(27)19-13-15(2)24-29-19/h4-7,10,13-14,23H,3,8-9,11-12H2,1-2H3. The molecule has 2 aliphatic rings. The molecule has 4 heterocycles. The summed E-state index contributed by atoms with van der Waals surface area (Å²) in [4.78, 5) is 14.6. The Labute approximate surface area is 169 Å². The van der Waals surface area contributed by atoms with E-state index in [0.29, 0.717) is 25.5 Å². The van der Waals surface area contributed by atoms with Gasteiger partial charge < -0.3 is 24.0 Å². The number of ether oxygens (including phenoxy) is 1. The zero-order valence-corrected chi connectivity index (χ0v) is 16.6. The van der Waals surface area contributed by atoms with E-state index in [1.807, 2.05) is 24.8 Å². The first-order valence-electron chi connectivity index (χ1n) is 10.1. The Morgan fingerprint density at radius 3 is 2.83 bits per heavy atom. The van der Waals surface area contributed by atoms with Gasteiger partial charge in [-0.2, -0.15) is 0 Å². The minimum atomic E-state index is -0.213. The van der Waals surface area contributed by atoms with Crippen LogP contribution in [0.5, 0.6) is 5.75 Å². The number of carbonyl (C=O) groups excluding carboxylic acids is 1. The number of nitrogens with zero attached hydrogens (tertiary/aromatic N) is 3. The van der Waals surface area contributed by atoms with Crippen LogP contribution in [0.15, 0.2) is 47.1 Å². The number of rotatable bonds is 3. The molecule has 1 aromatic carbocycles. The molecule has 1 amide bonds. The van der Waals surface area contributed by atoms with Gasteiger partial charge in [0.1, 0.15) is 5.75 Å². The van der Waals surface area contributed by atoms with Crippen LogP contribution in [0.2, 0.25) is 0 Å². The number of anilines is 1. The van der Waals surface area contributed by atoms with E-state index in [-0.39, 0.29) is 11.4 Å². The van der Waals surface area contributed by atoms with Gasteiger partial charge in [-0.3, -0.25) is 4.79 Å². The lowest BCUT2D eigenvalue weighted by molar-refractivity contribution is 0.0635. The predicted molar refractivity (Wildman–Crippen MR) is 109 cm³/mol. The fraction of sp³-hybridized carbons (Fsp3) is 0.364. The highest BCUT2D eigenvalue weighted by Gasteiger charge is 2.42. The molecule has 2 aromatic heterocycles. The van der Waals surface area contributed by atoms with Gasteiger partial charge in [0.2, 0.25) is 5.76 Å². The van der Waals surface area contributed by atoms with Crippen molar-refractivity contribution in [2.45, 2.75) is 32.2 Å². The van der Waals surface area contributed by atoms with E-state index in [0.717, 1.165) is 35.7 Å². The summed E-state index contributed by atoms with van der Waals surface area (Å²) in [6.07, 6.45) is 3.73. The first kappa shape index (κ1) is 17.8. The SMILES string of the molecule is CCOc1ccc2c(c1)NC1(CCN(C(=O)c3cc(C)no3)CC1)c1cccn1-2. The van der Waals surface area contributed by atoms with E-state index in [2.05, 4.69) is 45.5 Å². The van der Waals surface area contributed by atoms with Gasteiger partial charge in [0.15, 0.2) is 0 Å². The molecule has 0 unspecified atom stereocenters. The summed E-state index contributed by atoms with van der Waals surface area (Å²) in [7, 11) is 0. The number of nitrogens with one attached hydrogen (secondary N) is 1. The number of carbonyl (C=O) groups is 1. The van der Waals surface area contributed by atoms with Crippen LogP contribution in [-0.2, 0) is 5.54 Å². The molecule has 0 atom stereocenters. The first-order valence-corrected chi connectivity index (χ1v) is 10.1. The van der Waals surface area contributed by atoms with Gasteiger partial charge in [-0.15, -0.1) is 0 Å². The maximum atomic E-state index is 12.7. The average Bonchev–Trinajstić information content (AvgIpc) is 3.38. The van der Waals surface area contributed by atoms with Crippen LogP contribution < -0.4 is 10.1 Å². The topological polar surface area (TPSA) is 72.5 Å². The predicted octanol–water partition coefficient (Wildman–Crippen LogP) is 3.73. The Morgan fingerprint density at radius 2 is 2.10 bits per heavy atom. The number of hydrogen-bond donors (Lipinski definition) is 1. The van der Waals surface area contributed by atoms with Crippen molar-refractivity contribution in [1.82, 2.24) is 14.6 Å². The minimum Gasteiger partial charge on any atom is -0.494 e. The van der Waals surface area contributed by atoms with Crippen LogP contribution in [-0.4, -0.2) is 40.2 Å². The molecule has 0 aliphatic carbocycles. The van der Waals surface area contributed by atoms with Crippen molar-refractivity contribution in [3.63, 3.8) is 0 Å². The largest absolute Gasteiger partial charge is 0.494 e. The van der Waals surface area contributed by atoms with E-state index in [1.165, 1.54) is 5.69 Å². The molecule has 1 N–H and O–H groups in total. The van der Waals surface area contributed by atoms with Gasteiger partial charge in [-0.05, 0) is 51.0 Å². The van der Waals surface area contributed by atoms with Crippen LogP contribution in [0.25, 0.3) is 5.69 Å². The number of aryl methyl sites for hydroxylation is 1. The molecule has 1 saturated heterocycles. The highest BCUT2D eigenvalue weighted by Crippen LogP contribution is 2.44. The number of aromatic nitrogens is 2. The third kappa shape index (κ3) is 2.88. The lowest BCUT2D eigenvalue weighted by Crippen LogP contribution is -2.51. The summed E-state index contributed by atoms with van der Waals surface area (Å²) in [6.45, 7) is 5.74. The molecule has 2 aliphatic heterocycles. The summed E-state index contributed by atoms with van der Waals surface area (Å²) in [5.74, 6) is 1.08. The maximum Gasteiger partial charge on any atom is 0.292 e. The average molecular weight is 392 g/mol. The van der Waals surface area contributed by atoms with Crippen molar-refractivity contribution in [1.29, 1.82) is 0 Å². The van der Waals surface area contributed by atoms with Crippen molar-refractivity contribution in [2.24, 2.45) is 0 Å². The lowest BCUT2D eigenvalue weighted by Gasteiger charge is -2.46. The van der Waals surface area contributed by atoms with E-state index in [4.69, 9.17) is 9.26 Å². The lowest BCUT2D eigenvalue weighted by atomic mass is 9.82. The van der Waals surface area contributed by atoms with Gasteiger partial charge in [-0.25, -0.2) is 0 Å². The smallest absolute Gasteiger partial charge is 0.292 e. The number of hydrogen-bond acceptors (Lipinski definition) is 5. The molecular formula is C22H24N4O3. The van der Waals surface area contributed by atoms with E-state index < -0.39 is 0 Å². The number of amides is 1. The second kappa shape index (κ2) is 6.69. The molecule has 1 fully saturated rings. The van der Waals surface area contributed by atoms with Crippen molar-refractivity contribution in [2.75, 3.05) is 25.0 Å². The quantitative estimate of drug-likeness (QED) is 0.735. The van der Waals surface area contributed by atoms with Gasteiger partial charge >= 0.3 is 0 Å². The Hall–Kier alpha value is -3.22. The number of likely N-dealkylation sites (tertiary alicyclic amines) is 1. The van der Waals surface area contributed by atoms with E-state index in [9.17, 15) is 4.79 Å². The van der Waals surface area contributed by atoms with Gasteiger partial charge in [0.05, 0.1) is 29.2 Å². The first-order chi connectivity index (χ1) is 14.1. The molecule has 7 nitrogen and oxygen atoms in total. The highest BCUT2D eigenvalue weighted by atomic mass is 16.5.